The molecular weight excluding hydrogens is 278 g/mol. The highest BCUT2D eigenvalue weighted by molar-refractivity contribution is 5.96. The molecule has 1 N–H and O–H groups in total. The van der Waals surface area contributed by atoms with Gasteiger partial charge in [-0.3, -0.25) is 9.89 Å². The standard InChI is InChI=1S/C17H21N3O2/c1-3-9-20(10-4-2)17(21)16-13-11-22-14-8-6-5-7-12(14)15(13)18-19-16/h5-8H,3-4,9-11H2,1-2H3,(H,18,19). The van der Waals surface area contributed by atoms with Gasteiger partial charge in [0.2, 0.25) is 0 Å². The summed E-state index contributed by atoms with van der Waals surface area (Å²) in [4.78, 5) is 14.7. The maximum atomic E-state index is 12.8. The van der Waals surface area contributed by atoms with Crippen molar-refractivity contribution in [2.45, 2.75) is 33.3 Å². The summed E-state index contributed by atoms with van der Waals surface area (Å²) >= 11 is 0. The SMILES string of the molecule is CCCN(CCC)C(=O)c1[nH]nc2c1COc1ccccc1-2. The maximum Gasteiger partial charge on any atom is 0.272 e. The van der Waals surface area contributed by atoms with Crippen molar-refractivity contribution in [3.05, 3.63) is 35.5 Å². The first-order valence-electron chi connectivity index (χ1n) is 7.85. The van der Waals surface area contributed by atoms with Crippen LogP contribution in [0, 0.1) is 0 Å². The highest BCUT2D eigenvalue weighted by Gasteiger charge is 2.28. The van der Waals surface area contributed by atoms with Gasteiger partial charge in [0, 0.05) is 24.2 Å². The summed E-state index contributed by atoms with van der Waals surface area (Å²) in [6, 6.07) is 7.79. The number of rotatable bonds is 5. The summed E-state index contributed by atoms with van der Waals surface area (Å²) in [5.74, 6) is 0.833. The fraction of sp³-hybridized carbons (Fsp3) is 0.412. The van der Waals surface area contributed by atoms with Gasteiger partial charge < -0.3 is 9.64 Å². The Labute approximate surface area is 130 Å². The fourth-order valence-electron chi connectivity index (χ4n) is 2.86. The van der Waals surface area contributed by atoms with E-state index in [2.05, 4.69) is 24.0 Å². The molecule has 1 aliphatic heterocycles. The lowest BCUT2D eigenvalue weighted by Crippen LogP contribution is -2.33. The van der Waals surface area contributed by atoms with E-state index in [9.17, 15) is 4.79 Å². The van der Waals surface area contributed by atoms with Crippen molar-refractivity contribution >= 4 is 5.91 Å². The van der Waals surface area contributed by atoms with Gasteiger partial charge in [0.25, 0.3) is 5.91 Å². The topological polar surface area (TPSA) is 58.2 Å². The molecule has 0 radical (unpaired) electrons. The first kappa shape index (κ1) is 14.6. The van der Waals surface area contributed by atoms with E-state index in [-0.39, 0.29) is 5.91 Å². The van der Waals surface area contributed by atoms with E-state index in [0.717, 1.165) is 48.5 Å². The molecule has 1 aromatic heterocycles. The highest BCUT2D eigenvalue weighted by atomic mass is 16.5. The lowest BCUT2D eigenvalue weighted by Gasteiger charge is -2.22. The summed E-state index contributed by atoms with van der Waals surface area (Å²) in [7, 11) is 0. The summed E-state index contributed by atoms with van der Waals surface area (Å²) in [6.07, 6.45) is 1.89. The minimum Gasteiger partial charge on any atom is -0.488 e. The first-order valence-corrected chi connectivity index (χ1v) is 7.85. The summed E-state index contributed by atoms with van der Waals surface area (Å²) < 4.78 is 5.77. The van der Waals surface area contributed by atoms with Gasteiger partial charge in [0.05, 0.1) is 0 Å². The van der Waals surface area contributed by atoms with Crippen LogP contribution in [0.1, 0.15) is 42.7 Å². The Hall–Kier alpha value is -2.30. The predicted octanol–water partition coefficient (Wildman–Crippen LogP) is 3.23. The van der Waals surface area contributed by atoms with Crippen LogP contribution in [0.4, 0.5) is 0 Å². The summed E-state index contributed by atoms with van der Waals surface area (Å²) in [5.41, 5.74) is 3.20. The molecule has 2 heterocycles. The van der Waals surface area contributed by atoms with Crippen LogP contribution in [0.15, 0.2) is 24.3 Å². The van der Waals surface area contributed by atoms with E-state index in [1.807, 2.05) is 29.2 Å². The molecule has 0 saturated carbocycles. The molecule has 0 spiro atoms. The number of ether oxygens (including phenoxy) is 1. The largest absolute Gasteiger partial charge is 0.488 e. The Morgan fingerprint density at radius 1 is 1.27 bits per heavy atom. The monoisotopic (exact) mass is 299 g/mol. The van der Waals surface area contributed by atoms with Crippen LogP contribution >= 0.6 is 0 Å². The summed E-state index contributed by atoms with van der Waals surface area (Å²) in [6.45, 7) is 6.07. The van der Waals surface area contributed by atoms with Crippen molar-refractivity contribution < 1.29 is 9.53 Å². The number of hydrogen-bond acceptors (Lipinski definition) is 3. The second-order valence-corrected chi connectivity index (χ2v) is 5.50. The highest BCUT2D eigenvalue weighted by Crippen LogP contribution is 2.37. The van der Waals surface area contributed by atoms with Gasteiger partial charge in [-0.05, 0) is 25.0 Å². The second-order valence-electron chi connectivity index (χ2n) is 5.50. The van der Waals surface area contributed by atoms with Gasteiger partial charge >= 0.3 is 0 Å². The summed E-state index contributed by atoms with van der Waals surface area (Å²) in [5, 5.41) is 7.30. The third kappa shape index (κ3) is 2.47. The zero-order valence-corrected chi connectivity index (χ0v) is 13.1. The van der Waals surface area contributed by atoms with Crippen molar-refractivity contribution in [3.8, 4) is 17.0 Å². The first-order chi connectivity index (χ1) is 10.8. The second kappa shape index (κ2) is 6.22. The minimum absolute atomic E-state index is 0.0143. The fourth-order valence-corrected chi connectivity index (χ4v) is 2.86. The van der Waals surface area contributed by atoms with Gasteiger partial charge in [0.1, 0.15) is 23.7 Å². The molecule has 0 atom stereocenters. The van der Waals surface area contributed by atoms with Gasteiger partial charge in [0.15, 0.2) is 0 Å². The minimum atomic E-state index is 0.0143. The molecule has 116 valence electrons. The van der Waals surface area contributed by atoms with Gasteiger partial charge in [-0.15, -0.1) is 0 Å². The van der Waals surface area contributed by atoms with E-state index >= 15 is 0 Å². The molecule has 1 amide bonds. The molecule has 1 aliphatic rings. The molecule has 0 saturated heterocycles. The molecule has 22 heavy (non-hydrogen) atoms. The van der Waals surface area contributed by atoms with Crippen molar-refractivity contribution in [2.24, 2.45) is 0 Å². The zero-order valence-electron chi connectivity index (χ0n) is 13.1. The number of aromatic amines is 1. The average Bonchev–Trinajstić information content (AvgIpc) is 2.98. The predicted molar refractivity (Wildman–Crippen MR) is 84.8 cm³/mol. The number of carbonyl (C=O) groups is 1. The molecule has 1 aromatic carbocycles. The maximum absolute atomic E-state index is 12.8. The number of amides is 1. The van der Waals surface area contributed by atoms with Crippen molar-refractivity contribution in [2.75, 3.05) is 13.1 Å². The van der Waals surface area contributed by atoms with E-state index in [0.29, 0.717) is 12.3 Å². The van der Waals surface area contributed by atoms with Crippen LogP contribution in [0.2, 0.25) is 0 Å². The van der Waals surface area contributed by atoms with Crippen LogP contribution in [0.5, 0.6) is 5.75 Å². The Kier molecular flexibility index (Phi) is 4.13. The number of nitrogens with one attached hydrogen (secondary N) is 1. The zero-order chi connectivity index (χ0) is 15.5. The molecular formula is C17H21N3O2. The number of fused-ring (bicyclic) bond motifs is 3. The molecule has 3 rings (SSSR count). The van der Waals surface area contributed by atoms with E-state index < -0.39 is 0 Å². The molecule has 0 aliphatic carbocycles. The Morgan fingerprint density at radius 2 is 2.00 bits per heavy atom. The third-order valence-corrected chi connectivity index (χ3v) is 3.87. The number of nitrogens with zero attached hydrogens (tertiary/aromatic N) is 2. The van der Waals surface area contributed by atoms with Crippen LogP contribution in [0.3, 0.4) is 0 Å². The molecule has 5 heteroatoms. The molecule has 2 aromatic rings. The van der Waals surface area contributed by atoms with Crippen molar-refractivity contribution in [1.29, 1.82) is 0 Å². The van der Waals surface area contributed by atoms with Crippen LogP contribution < -0.4 is 4.74 Å². The number of carbonyl (C=O) groups excluding carboxylic acids is 1. The van der Waals surface area contributed by atoms with E-state index in [1.54, 1.807) is 0 Å². The number of aromatic nitrogens is 2. The normalized spacial score (nSPS) is 12.3. The number of para-hydroxylation sites is 1. The number of benzene rings is 1. The number of hydrogen-bond donors (Lipinski definition) is 1. The van der Waals surface area contributed by atoms with Gasteiger partial charge in [-0.2, -0.15) is 5.10 Å². The Bertz CT molecular complexity index is 672. The third-order valence-electron chi connectivity index (χ3n) is 3.87. The molecule has 0 fully saturated rings. The van der Waals surface area contributed by atoms with Crippen molar-refractivity contribution in [1.82, 2.24) is 15.1 Å². The molecule has 5 nitrogen and oxygen atoms in total. The molecule has 0 unspecified atom stereocenters. The lowest BCUT2D eigenvalue weighted by molar-refractivity contribution is 0.0747. The lowest BCUT2D eigenvalue weighted by atomic mass is 10.0. The van der Waals surface area contributed by atoms with Gasteiger partial charge in [-0.25, -0.2) is 0 Å². The molecule has 0 bridgehead atoms. The van der Waals surface area contributed by atoms with Crippen LogP contribution in [-0.2, 0) is 6.61 Å². The van der Waals surface area contributed by atoms with Crippen LogP contribution in [-0.4, -0.2) is 34.1 Å². The number of H-pyrrole nitrogens is 1. The van der Waals surface area contributed by atoms with Crippen molar-refractivity contribution in [3.63, 3.8) is 0 Å². The van der Waals surface area contributed by atoms with Gasteiger partial charge in [-0.1, -0.05) is 26.0 Å². The Balaban J connectivity index is 1.95. The average molecular weight is 299 g/mol. The van der Waals surface area contributed by atoms with Crippen LogP contribution in [0.25, 0.3) is 11.3 Å². The smallest absolute Gasteiger partial charge is 0.272 e. The Morgan fingerprint density at radius 3 is 2.73 bits per heavy atom. The quantitative estimate of drug-likeness (QED) is 0.922. The van der Waals surface area contributed by atoms with E-state index in [1.165, 1.54) is 0 Å². The van der Waals surface area contributed by atoms with E-state index in [4.69, 9.17) is 4.74 Å².